The Labute approximate surface area is 122 Å². The lowest BCUT2D eigenvalue weighted by molar-refractivity contribution is 0.0690. The summed E-state index contributed by atoms with van der Waals surface area (Å²) >= 11 is 0. The summed E-state index contributed by atoms with van der Waals surface area (Å²) in [6.07, 6.45) is 1.15. The van der Waals surface area contributed by atoms with Crippen LogP contribution in [0.3, 0.4) is 0 Å². The first-order valence-electron chi connectivity index (χ1n) is 6.09. The van der Waals surface area contributed by atoms with Gasteiger partial charge in [0.15, 0.2) is 9.84 Å². The van der Waals surface area contributed by atoms with E-state index in [4.69, 9.17) is 5.11 Å². The quantitative estimate of drug-likeness (QED) is 0.874. The summed E-state index contributed by atoms with van der Waals surface area (Å²) in [5, 5.41) is 11.9. The third-order valence-corrected chi connectivity index (χ3v) is 3.91. The Morgan fingerprint density at radius 3 is 2.43 bits per heavy atom. The maximum Gasteiger partial charge on any atom is 0.354 e. The smallest absolute Gasteiger partial charge is 0.354 e. The normalized spacial score (nSPS) is 11.1. The van der Waals surface area contributed by atoms with Crippen LogP contribution in [0.25, 0.3) is 0 Å². The summed E-state index contributed by atoms with van der Waals surface area (Å²) in [7, 11) is -3.21. The fourth-order valence-electron chi connectivity index (χ4n) is 1.71. The summed E-state index contributed by atoms with van der Waals surface area (Å²) in [5.74, 6) is -1.07. The summed E-state index contributed by atoms with van der Waals surface area (Å²) in [4.78, 5) is 15.1. The first-order valence-corrected chi connectivity index (χ1v) is 7.98. The van der Waals surface area contributed by atoms with E-state index in [-0.39, 0.29) is 10.6 Å². The van der Waals surface area contributed by atoms with Crippen LogP contribution < -0.4 is 5.32 Å². The van der Waals surface area contributed by atoms with Crippen molar-refractivity contribution in [2.45, 2.75) is 11.4 Å². The Kier molecular flexibility index (Phi) is 4.23. The Hall–Kier alpha value is -2.41. The molecule has 0 amide bonds. The molecule has 0 aliphatic carbocycles. The molecule has 0 aliphatic rings. The predicted molar refractivity (Wildman–Crippen MR) is 78.1 cm³/mol. The molecule has 0 spiro atoms. The van der Waals surface area contributed by atoms with Gasteiger partial charge in [0.25, 0.3) is 0 Å². The number of aromatic nitrogens is 1. The zero-order valence-electron chi connectivity index (χ0n) is 11.3. The molecule has 1 aromatic carbocycles. The third-order valence-electron chi connectivity index (χ3n) is 2.78. The van der Waals surface area contributed by atoms with Gasteiger partial charge in [0.1, 0.15) is 5.69 Å². The highest BCUT2D eigenvalue weighted by Crippen LogP contribution is 2.14. The van der Waals surface area contributed by atoms with Gasteiger partial charge in [-0.1, -0.05) is 6.07 Å². The second kappa shape index (κ2) is 5.92. The Morgan fingerprint density at radius 2 is 1.86 bits per heavy atom. The minimum absolute atomic E-state index is 0.0123. The van der Waals surface area contributed by atoms with Crippen LogP contribution in [0.5, 0.6) is 0 Å². The van der Waals surface area contributed by atoms with Gasteiger partial charge in [-0.15, -0.1) is 0 Å². The van der Waals surface area contributed by atoms with Crippen LogP contribution in [0, 0.1) is 0 Å². The molecule has 2 rings (SSSR count). The van der Waals surface area contributed by atoms with E-state index in [0.29, 0.717) is 12.2 Å². The van der Waals surface area contributed by atoms with E-state index in [2.05, 4.69) is 10.3 Å². The van der Waals surface area contributed by atoms with Crippen molar-refractivity contribution in [3.05, 3.63) is 53.9 Å². The highest BCUT2D eigenvalue weighted by molar-refractivity contribution is 7.90. The van der Waals surface area contributed by atoms with E-state index in [1.54, 1.807) is 24.3 Å². The number of nitrogens with one attached hydrogen (secondary N) is 1. The molecule has 7 heteroatoms. The molecule has 1 heterocycles. The number of carboxylic acid groups (broad SMARTS) is 1. The first kappa shape index (κ1) is 15.0. The van der Waals surface area contributed by atoms with Crippen molar-refractivity contribution in [1.29, 1.82) is 0 Å². The van der Waals surface area contributed by atoms with Crippen LogP contribution >= 0.6 is 0 Å². The zero-order valence-corrected chi connectivity index (χ0v) is 12.1. The molecule has 0 saturated carbocycles. The van der Waals surface area contributed by atoms with Gasteiger partial charge in [0.2, 0.25) is 0 Å². The number of benzene rings is 1. The Morgan fingerprint density at radius 1 is 1.19 bits per heavy atom. The second-order valence-corrected chi connectivity index (χ2v) is 6.49. The van der Waals surface area contributed by atoms with E-state index >= 15 is 0 Å². The van der Waals surface area contributed by atoms with E-state index in [0.717, 1.165) is 11.9 Å². The fourth-order valence-corrected chi connectivity index (χ4v) is 2.34. The van der Waals surface area contributed by atoms with Gasteiger partial charge < -0.3 is 10.4 Å². The summed E-state index contributed by atoms with van der Waals surface area (Å²) in [6, 6.07) is 11.1. The number of nitrogens with zero attached hydrogens (tertiary/aromatic N) is 1. The predicted octanol–water partition coefficient (Wildman–Crippen LogP) is 1.80. The molecule has 0 bridgehead atoms. The molecule has 2 N–H and O–H groups in total. The van der Waals surface area contributed by atoms with Gasteiger partial charge >= 0.3 is 5.97 Å². The number of carboxylic acids is 1. The number of anilines is 1. The first-order chi connectivity index (χ1) is 9.86. The molecule has 0 radical (unpaired) electrons. The van der Waals surface area contributed by atoms with E-state index in [1.807, 2.05) is 0 Å². The third kappa shape index (κ3) is 4.03. The molecule has 6 nitrogen and oxygen atoms in total. The number of sulfone groups is 1. The molecule has 110 valence electrons. The van der Waals surface area contributed by atoms with Crippen molar-refractivity contribution in [2.75, 3.05) is 11.6 Å². The van der Waals surface area contributed by atoms with Crippen molar-refractivity contribution >= 4 is 21.5 Å². The van der Waals surface area contributed by atoms with Crippen LogP contribution in [0.4, 0.5) is 5.69 Å². The molecule has 0 unspecified atom stereocenters. The van der Waals surface area contributed by atoms with Crippen molar-refractivity contribution < 1.29 is 18.3 Å². The van der Waals surface area contributed by atoms with Gasteiger partial charge in [-0.25, -0.2) is 18.2 Å². The van der Waals surface area contributed by atoms with Gasteiger partial charge in [-0.2, -0.15) is 0 Å². The summed E-state index contributed by atoms with van der Waals surface area (Å²) in [5.41, 5.74) is 1.30. The zero-order chi connectivity index (χ0) is 15.5. The monoisotopic (exact) mass is 306 g/mol. The SMILES string of the molecule is CS(=O)(=O)c1ccc(NCc2cccc(C(=O)O)n2)cc1. The van der Waals surface area contributed by atoms with E-state index in [1.165, 1.54) is 18.2 Å². The number of hydrogen-bond acceptors (Lipinski definition) is 5. The molecular formula is C14H14N2O4S. The number of aromatic carboxylic acids is 1. The van der Waals surface area contributed by atoms with Gasteiger partial charge in [-0.05, 0) is 36.4 Å². The lowest BCUT2D eigenvalue weighted by Crippen LogP contribution is -2.06. The lowest BCUT2D eigenvalue weighted by Gasteiger charge is -2.07. The number of carbonyl (C=O) groups is 1. The number of rotatable bonds is 5. The fraction of sp³-hybridized carbons (Fsp3) is 0.143. The van der Waals surface area contributed by atoms with Gasteiger partial charge in [0.05, 0.1) is 17.1 Å². The standard InChI is InChI=1S/C14H14N2O4S/c1-21(19,20)12-7-5-10(6-8-12)15-9-11-3-2-4-13(16-11)14(17)18/h2-8,15H,9H2,1H3,(H,17,18). The van der Waals surface area contributed by atoms with Crippen molar-refractivity contribution in [2.24, 2.45) is 0 Å². The van der Waals surface area contributed by atoms with Gasteiger partial charge in [-0.3, -0.25) is 0 Å². The highest BCUT2D eigenvalue weighted by atomic mass is 32.2. The van der Waals surface area contributed by atoms with Gasteiger partial charge in [0, 0.05) is 11.9 Å². The van der Waals surface area contributed by atoms with Crippen molar-refractivity contribution in [1.82, 2.24) is 4.98 Å². The summed E-state index contributed by atoms with van der Waals surface area (Å²) < 4.78 is 22.7. The average molecular weight is 306 g/mol. The van der Waals surface area contributed by atoms with Crippen LogP contribution in [0.2, 0.25) is 0 Å². The van der Waals surface area contributed by atoms with Crippen LogP contribution in [0.15, 0.2) is 47.4 Å². The Balaban J connectivity index is 2.06. The molecule has 2 aromatic rings. The largest absolute Gasteiger partial charge is 0.477 e. The van der Waals surface area contributed by atoms with Crippen molar-refractivity contribution in [3.8, 4) is 0 Å². The molecule has 0 aliphatic heterocycles. The van der Waals surface area contributed by atoms with E-state index < -0.39 is 15.8 Å². The van der Waals surface area contributed by atoms with Crippen LogP contribution in [0.1, 0.15) is 16.2 Å². The average Bonchev–Trinajstić information content (AvgIpc) is 2.45. The van der Waals surface area contributed by atoms with Crippen LogP contribution in [-0.4, -0.2) is 30.7 Å². The van der Waals surface area contributed by atoms with Crippen molar-refractivity contribution in [3.63, 3.8) is 0 Å². The highest BCUT2D eigenvalue weighted by Gasteiger charge is 2.07. The van der Waals surface area contributed by atoms with Crippen LogP contribution in [-0.2, 0) is 16.4 Å². The molecule has 21 heavy (non-hydrogen) atoms. The minimum atomic E-state index is -3.21. The van der Waals surface area contributed by atoms with E-state index in [9.17, 15) is 13.2 Å². The number of pyridine rings is 1. The molecular weight excluding hydrogens is 292 g/mol. The topological polar surface area (TPSA) is 96.4 Å². The maximum atomic E-state index is 11.3. The number of hydrogen-bond donors (Lipinski definition) is 2. The lowest BCUT2D eigenvalue weighted by atomic mass is 10.2. The molecule has 0 saturated heterocycles. The maximum absolute atomic E-state index is 11.3. The minimum Gasteiger partial charge on any atom is -0.477 e. The second-order valence-electron chi connectivity index (χ2n) is 4.47. The molecule has 0 atom stereocenters. The Bertz CT molecular complexity index is 755. The molecule has 0 fully saturated rings. The summed E-state index contributed by atoms with van der Waals surface area (Å²) in [6.45, 7) is 0.347. The molecule has 1 aromatic heterocycles.